The number of hydrogen-bond acceptors (Lipinski definition) is 5. The fourth-order valence-electron chi connectivity index (χ4n) is 3.89. The second-order valence-electron chi connectivity index (χ2n) is 7.46. The van der Waals surface area contributed by atoms with Crippen molar-refractivity contribution >= 4 is 21.8 Å². The third-order valence-electron chi connectivity index (χ3n) is 5.64. The molecule has 6 aromatic rings. The molecule has 6 heterocycles. The van der Waals surface area contributed by atoms with Gasteiger partial charge in [-0.05, 0) is 37.3 Å². The average Bonchev–Trinajstić information content (AvgIpc) is 3.50. The molecule has 2 N–H and O–H groups in total. The molecule has 8 heteroatoms. The van der Waals surface area contributed by atoms with Gasteiger partial charge in [-0.15, -0.1) is 0 Å². The van der Waals surface area contributed by atoms with E-state index in [4.69, 9.17) is 0 Å². The molecule has 150 valence electrons. The summed E-state index contributed by atoms with van der Waals surface area (Å²) in [7, 11) is 1.99. The zero-order chi connectivity index (χ0) is 20.9. The van der Waals surface area contributed by atoms with Gasteiger partial charge in [0.25, 0.3) is 0 Å². The minimum absolute atomic E-state index is 0.834. The lowest BCUT2D eigenvalue weighted by molar-refractivity contribution is 0.862. The highest BCUT2D eigenvalue weighted by Gasteiger charge is 2.16. The lowest BCUT2D eigenvalue weighted by atomic mass is 10.1. The number of rotatable bonds is 3. The van der Waals surface area contributed by atoms with Gasteiger partial charge in [0.05, 0.1) is 46.4 Å². The van der Waals surface area contributed by atoms with E-state index in [9.17, 15) is 0 Å². The van der Waals surface area contributed by atoms with Crippen molar-refractivity contribution < 1.29 is 0 Å². The second kappa shape index (κ2) is 6.60. The van der Waals surface area contributed by atoms with Gasteiger partial charge < -0.3 is 9.55 Å². The van der Waals surface area contributed by atoms with Crippen molar-refractivity contribution in [1.82, 2.24) is 39.7 Å². The molecule has 0 radical (unpaired) electrons. The molecule has 0 amide bonds. The lowest BCUT2D eigenvalue weighted by Crippen LogP contribution is -1.95. The Morgan fingerprint density at radius 1 is 0.806 bits per heavy atom. The van der Waals surface area contributed by atoms with Crippen LogP contribution in [0.15, 0.2) is 61.2 Å². The normalized spacial score (nSPS) is 11.5. The number of imidazole rings is 1. The predicted octanol–water partition coefficient (Wildman–Crippen LogP) is 4.27. The van der Waals surface area contributed by atoms with Gasteiger partial charge >= 0.3 is 0 Å². The van der Waals surface area contributed by atoms with Crippen LogP contribution in [-0.4, -0.2) is 39.7 Å². The quantitative estimate of drug-likeness (QED) is 0.457. The molecule has 8 nitrogen and oxygen atoms in total. The summed E-state index contributed by atoms with van der Waals surface area (Å²) in [6.07, 6.45) is 7.23. The van der Waals surface area contributed by atoms with Crippen molar-refractivity contribution in [3.63, 3.8) is 0 Å². The number of pyridine rings is 3. The first kappa shape index (κ1) is 17.5. The van der Waals surface area contributed by atoms with Crippen molar-refractivity contribution in [2.75, 3.05) is 0 Å². The Morgan fingerprint density at radius 2 is 1.71 bits per heavy atom. The van der Waals surface area contributed by atoms with E-state index in [2.05, 4.69) is 41.2 Å². The van der Waals surface area contributed by atoms with Gasteiger partial charge in [-0.1, -0.05) is 6.07 Å². The van der Waals surface area contributed by atoms with Gasteiger partial charge in [0, 0.05) is 35.7 Å². The number of aromatic amines is 2. The molecule has 0 aliphatic rings. The van der Waals surface area contributed by atoms with Crippen LogP contribution in [0.25, 0.3) is 56.0 Å². The Morgan fingerprint density at radius 3 is 2.52 bits per heavy atom. The van der Waals surface area contributed by atoms with E-state index < -0.39 is 0 Å². The van der Waals surface area contributed by atoms with E-state index in [1.807, 2.05) is 61.3 Å². The summed E-state index contributed by atoms with van der Waals surface area (Å²) < 4.78 is 2.03. The molecule has 0 aliphatic heterocycles. The summed E-state index contributed by atoms with van der Waals surface area (Å²) >= 11 is 0. The largest absolute Gasteiger partial charge is 0.353 e. The predicted molar refractivity (Wildman–Crippen MR) is 119 cm³/mol. The van der Waals surface area contributed by atoms with Gasteiger partial charge in [0.15, 0.2) is 0 Å². The van der Waals surface area contributed by atoms with E-state index in [1.54, 1.807) is 12.4 Å². The molecule has 6 rings (SSSR count). The number of nitrogens with one attached hydrogen (secondary N) is 2. The zero-order valence-electron chi connectivity index (χ0n) is 17.0. The molecule has 0 unspecified atom stereocenters. The third-order valence-corrected chi connectivity index (χ3v) is 5.64. The van der Waals surface area contributed by atoms with E-state index >= 15 is 0 Å². The summed E-state index contributed by atoms with van der Waals surface area (Å²) in [5, 5.41) is 9.66. The average molecular weight is 406 g/mol. The van der Waals surface area contributed by atoms with Crippen molar-refractivity contribution in [2.45, 2.75) is 6.92 Å². The lowest BCUT2D eigenvalue weighted by Gasteiger charge is -2.03. The maximum atomic E-state index is 4.59. The minimum Gasteiger partial charge on any atom is -0.353 e. The molecule has 0 saturated heterocycles. The van der Waals surface area contributed by atoms with Crippen LogP contribution in [0.5, 0.6) is 0 Å². The van der Waals surface area contributed by atoms with Gasteiger partial charge in [-0.3, -0.25) is 20.1 Å². The van der Waals surface area contributed by atoms with E-state index in [0.29, 0.717) is 0 Å². The Balaban J connectivity index is 1.52. The van der Waals surface area contributed by atoms with Crippen molar-refractivity contribution in [2.24, 2.45) is 7.05 Å². The fourth-order valence-corrected chi connectivity index (χ4v) is 3.89. The van der Waals surface area contributed by atoms with Gasteiger partial charge in [0.2, 0.25) is 0 Å². The molecule has 0 saturated carbocycles. The first-order valence-corrected chi connectivity index (χ1v) is 9.91. The molecule has 0 aliphatic carbocycles. The van der Waals surface area contributed by atoms with Crippen molar-refractivity contribution in [3.05, 3.63) is 67.0 Å². The summed E-state index contributed by atoms with van der Waals surface area (Å²) in [6, 6.07) is 11.9. The number of aryl methyl sites for hydroxylation is 1. The Bertz CT molecular complexity index is 1560. The van der Waals surface area contributed by atoms with Crippen molar-refractivity contribution in [3.8, 4) is 34.2 Å². The zero-order valence-corrected chi connectivity index (χ0v) is 17.0. The highest BCUT2D eigenvalue weighted by atomic mass is 15.1. The van der Waals surface area contributed by atoms with Crippen LogP contribution in [0.4, 0.5) is 0 Å². The number of nitrogens with zero attached hydrogens (tertiary/aromatic N) is 6. The van der Waals surface area contributed by atoms with Crippen molar-refractivity contribution in [1.29, 1.82) is 0 Å². The molecule has 0 spiro atoms. The van der Waals surface area contributed by atoms with E-state index in [0.717, 1.165) is 61.8 Å². The topological polar surface area (TPSA) is 101 Å². The minimum atomic E-state index is 0.834. The van der Waals surface area contributed by atoms with Crippen LogP contribution in [0, 0.1) is 6.92 Å². The molecule has 0 fully saturated rings. The summed E-state index contributed by atoms with van der Waals surface area (Å²) in [5.41, 5.74) is 7.09. The molecule has 0 atom stereocenters. The Hall–Kier alpha value is -4.33. The maximum Gasteiger partial charge on any atom is 0.116 e. The van der Waals surface area contributed by atoms with Crippen LogP contribution in [0.2, 0.25) is 0 Å². The first-order chi connectivity index (χ1) is 15.2. The fraction of sp³-hybridized carbons (Fsp3) is 0.0870. The van der Waals surface area contributed by atoms with E-state index in [-0.39, 0.29) is 0 Å². The van der Waals surface area contributed by atoms with Crippen LogP contribution in [0.3, 0.4) is 0 Å². The summed E-state index contributed by atoms with van der Waals surface area (Å²) in [5.74, 6) is 0.939. The number of hydrogen-bond donors (Lipinski definition) is 2. The van der Waals surface area contributed by atoms with Gasteiger partial charge in [0.1, 0.15) is 11.5 Å². The van der Waals surface area contributed by atoms with E-state index in [1.165, 1.54) is 0 Å². The highest BCUT2D eigenvalue weighted by molar-refractivity contribution is 5.99. The Kier molecular flexibility index (Phi) is 3.73. The number of H-pyrrole nitrogens is 2. The monoisotopic (exact) mass is 406 g/mol. The smallest absolute Gasteiger partial charge is 0.116 e. The summed E-state index contributed by atoms with van der Waals surface area (Å²) in [4.78, 5) is 21.5. The Labute approximate surface area is 177 Å². The molecule has 31 heavy (non-hydrogen) atoms. The maximum absolute atomic E-state index is 4.59. The van der Waals surface area contributed by atoms with Gasteiger partial charge in [-0.2, -0.15) is 5.10 Å². The number of fused-ring (bicyclic) bond motifs is 2. The first-order valence-electron chi connectivity index (χ1n) is 9.91. The van der Waals surface area contributed by atoms with Gasteiger partial charge in [-0.25, -0.2) is 4.98 Å². The summed E-state index contributed by atoms with van der Waals surface area (Å²) in [6.45, 7) is 1.98. The molecule has 6 aromatic heterocycles. The highest BCUT2D eigenvalue weighted by Crippen LogP contribution is 2.33. The standard InChI is InChI=1S/C23H18N8/c1-13-26-12-21(31(13)2)18-9-15-20(11-27-18)29-30-23(15)19-10-14-16(28-19)6-8-25-22(14)17-5-3-4-7-24-17/h3-12,28H,1-2H3,(H,29,30). The van der Waals surface area contributed by atoms with Crippen LogP contribution in [-0.2, 0) is 7.05 Å². The van der Waals surface area contributed by atoms with Crippen LogP contribution < -0.4 is 0 Å². The second-order valence-corrected chi connectivity index (χ2v) is 7.46. The SMILES string of the molecule is Cc1ncc(-c2cc3c(-c4cc5c(-c6ccccn6)nccc5[nH]4)n[nH]c3cn2)n1C. The van der Waals surface area contributed by atoms with Crippen LogP contribution in [0.1, 0.15) is 5.82 Å². The molecule has 0 aromatic carbocycles. The third kappa shape index (κ3) is 2.72. The molecular formula is C23H18N8. The molecular weight excluding hydrogens is 388 g/mol. The number of aromatic nitrogens is 8. The molecule has 0 bridgehead atoms. The van der Waals surface area contributed by atoms with Crippen LogP contribution >= 0.6 is 0 Å².